The number of hydrogen-bond donors (Lipinski definition) is 2. The van der Waals surface area contributed by atoms with Crippen molar-refractivity contribution in [2.24, 2.45) is 0 Å². The molecule has 0 unspecified atom stereocenters. The number of halogens is 1. The quantitative estimate of drug-likeness (QED) is 0.766. The molecule has 2 aromatic rings. The van der Waals surface area contributed by atoms with Crippen molar-refractivity contribution in [2.45, 2.75) is 0 Å². The molecular weight excluding hydrogens is 214 g/mol. The number of hydrogen-bond acceptors (Lipinski definition) is 2. The summed E-state index contributed by atoms with van der Waals surface area (Å²) in [6, 6.07) is 9.56. The number of aromatic hydroxyl groups is 1. The van der Waals surface area contributed by atoms with Crippen molar-refractivity contribution in [3.05, 3.63) is 52.8 Å². The molecule has 0 atom stereocenters. The molecule has 15 heavy (non-hydrogen) atoms. The number of carbonyl (C=O) groups excluding carboxylic acids is 1. The molecule has 4 heteroatoms. The summed E-state index contributed by atoms with van der Waals surface area (Å²) in [7, 11) is 0. The minimum atomic E-state index is -0.278. The van der Waals surface area contributed by atoms with Crippen LogP contribution in [0.4, 0.5) is 0 Å². The number of para-hydroxylation sites is 1. The zero-order valence-electron chi connectivity index (χ0n) is 7.70. The van der Waals surface area contributed by atoms with Crippen LogP contribution >= 0.6 is 11.6 Å². The van der Waals surface area contributed by atoms with Crippen LogP contribution < -0.4 is 0 Å². The largest absolute Gasteiger partial charge is 0.507 e. The maximum atomic E-state index is 11.8. The molecule has 0 saturated carbocycles. The average molecular weight is 222 g/mol. The third kappa shape index (κ3) is 1.87. The fourth-order valence-corrected chi connectivity index (χ4v) is 1.48. The van der Waals surface area contributed by atoms with Gasteiger partial charge in [0.2, 0.25) is 5.78 Å². The number of phenols is 1. The van der Waals surface area contributed by atoms with E-state index in [2.05, 4.69) is 4.98 Å². The van der Waals surface area contributed by atoms with Crippen molar-refractivity contribution in [1.29, 1.82) is 0 Å². The first kappa shape index (κ1) is 9.80. The molecule has 3 nitrogen and oxygen atoms in total. The maximum absolute atomic E-state index is 11.8. The van der Waals surface area contributed by atoms with Crippen LogP contribution in [0, 0.1) is 0 Å². The Kier molecular flexibility index (Phi) is 2.47. The molecule has 1 aromatic carbocycles. The van der Waals surface area contributed by atoms with Crippen LogP contribution in [0.15, 0.2) is 36.4 Å². The molecule has 0 aliphatic rings. The first-order chi connectivity index (χ1) is 7.18. The summed E-state index contributed by atoms with van der Waals surface area (Å²) in [5.41, 5.74) is 0.623. The molecular formula is C11H8ClNO2. The first-order valence-corrected chi connectivity index (χ1v) is 4.73. The van der Waals surface area contributed by atoms with E-state index in [1.54, 1.807) is 30.3 Å². The topological polar surface area (TPSA) is 53.1 Å². The number of H-pyrrole nitrogens is 1. The molecule has 2 N–H and O–H groups in total. The lowest BCUT2D eigenvalue weighted by Crippen LogP contribution is -2.01. The third-order valence-electron chi connectivity index (χ3n) is 2.04. The van der Waals surface area contributed by atoms with Crippen LogP contribution in [0.5, 0.6) is 5.75 Å². The molecule has 0 fully saturated rings. The lowest BCUT2D eigenvalue weighted by molar-refractivity contribution is 0.103. The van der Waals surface area contributed by atoms with Crippen LogP contribution in [0.3, 0.4) is 0 Å². The molecule has 2 rings (SSSR count). The molecule has 1 heterocycles. The molecule has 0 spiro atoms. The Labute approximate surface area is 91.3 Å². The highest BCUT2D eigenvalue weighted by atomic mass is 35.5. The number of ketones is 1. The summed E-state index contributed by atoms with van der Waals surface area (Å²) in [6.45, 7) is 0. The van der Waals surface area contributed by atoms with Gasteiger partial charge in [0.1, 0.15) is 10.9 Å². The standard InChI is InChI=1S/C11H8ClNO2/c12-10-6-5-8(13-10)11(15)7-3-1-2-4-9(7)14/h1-6,13-14H. The SMILES string of the molecule is O=C(c1ccc(Cl)[nH]1)c1ccccc1O. The monoisotopic (exact) mass is 221 g/mol. The Hall–Kier alpha value is -1.74. The Morgan fingerprint density at radius 3 is 2.53 bits per heavy atom. The molecule has 0 radical (unpaired) electrons. The second-order valence-corrected chi connectivity index (χ2v) is 3.47. The van der Waals surface area contributed by atoms with Gasteiger partial charge in [-0.15, -0.1) is 0 Å². The summed E-state index contributed by atoms with van der Waals surface area (Å²) in [5.74, 6) is -0.312. The summed E-state index contributed by atoms with van der Waals surface area (Å²) in [6.07, 6.45) is 0. The number of carbonyl (C=O) groups is 1. The summed E-state index contributed by atoms with van der Waals surface area (Å²) in [5, 5.41) is 9.88. The molecule has 76 valence electrons. The zero-order valence-corrected chi connectivity index (χ0v) is 8.45. The van der Waals surface area contributed by atoms with Crippen LogP contribution in [0.25, 0.3) is 0 Å². The highest BCUT2D eigenvalue weighted by Crippen LogP contribution is 2.20. The zero-order chi connectivity index (χ0) is 10.8. The normalized spacial score (nSPS) is 10.2. The van der Waals surface area contributed by atoms with Gasteiger partial charge in [-0.3, -0.25) is 4.79 Å². The Morgan fingerprint density at radius 1 is 1.20 bits per heavy atom. The van der Waals surface area contributed by atoms with Crippen LogP contribution in [0.1, 0.15) is 16.1 Å². The van der Waals surface area contributed by atoms with E-state index in [-0.39, 0.29) is 17.1 Å². The first-order valence-electron chi connectivity index (χ1n) is 4.35. The van der Waals surface area contributed by atoms with E-state index in [0.717, 1.165) is 0 Å². The average Bonchev–Trinajstić information content (AvgIpc) is 2.65. The third-order valence-corrected chi connectivity index (χ3v) is 2.26. The van der Waals surface area contributed by atoms with Gasteiger partial charge in [0.25, 0.3) is 0 Å². The predicted octanol–water partition coefficient (Wildman–Crippen LogP) is 2.60. The van der Waals surface area contributed by atoms with Gasteiger partial charge in [-0.1, -0.05) is 23.7 Å². The van der Waals surface area contributed by atoms with E-state index < -0.39 is 0 Å². The number of phenolic OH excluding ortho intramolecular Hbond substituents is 1. The predicted molar refractivity (Wildman–Crippen MR) is 57.3 cm³/mol. The smallest absolute Gasteiger partial charge is 0.212 e. The molecule has 0 amide bonds. The Bertz CT molecular complexity index is 505. The van der Waals surface area contributed by atoms with Crippen molar-refractivity contribution >= 4 is 17.4 Å². The van der Waals surface area contributed by atoms with Crippen LogP contribution in [0.2, 0.25) is 5.15 Å². The number of nitrogens with one attached hydrogen (secondary N) is 1. The van der Waals surface area contributed by atoms with Crippen molar-refractivity contribution in [3.8, 4) is 5.75 Å². The number of aromatic nitrogens is 1. The lowest BCUT2D eigenvalue weighted by Gasteiger charge is -2.00. The van der Waals surface area contributed by atoms with Gasteiger partial charge in [-0.25, -0.2) is 0 Å². The van der Waals surface area contributed by atoms with Gasteiger partial charge in [-0.05, 0) is 24.3 Å². The maximum Gasteiger partial charge on any atom is 0.212 e. The summed E-state index contributed by atoms with van der Waals surface area (Å²) < 4.78 is 0. The van der Waals surface area contributed by atoms with Gasteiger partial charge in [0, 0.05) is 0 Å². The van der Waals surface area contributed by atoms with E-state index in [4.69, 9.17) is 11.6 Å². The fraction of sp³-hybridized carbons (Fsp3) is 0. The van der Waals surface area contributed by atoms with Crippen molar-refractivity contribution in [2.75, 3.05) is 0 Å². The van der Waals surface area contributed by atoms with Crippen molar-refractivity contribution < 1.29 is 9.90 Å². The van der Waals surface area contributed by atoms with Gasteiger partial charge >= 0.3 is 0 Å². The molecule has 0 bridgehead atoms. The van der Waals surface area contributed by atoms with E-state index in [1.807, 2.05) is 0 Å². The lowest BCUT2D eigenvalue weighted by atomic mass is 10.1. The molecule has 0 saturated heterocycles. The van der Waals surface area contributed by atoms with E-state index >= 15 is 0 Å². The summed E-state index contributed by atoms with van der Waals surface area (Å²) >= 11 is 5.66. The molecule has 0 aliphatic carbocycles. The van der Waals surface area contributed by atoms with Gasteiger partial charge in [-0.2, -0.15) is 0 Å². The highest BCUT2D eigenvalue weighted by molar-refractivity contribution is 6.30. The summed E-state index contributed by atoms with van der Waals surface area (Å²) in [4.78, 5) is 14.5. The van der Waals surface area contributed by atoms with Crippen LogP contribution in [-0.2, 0) is 0 Å². The number of rotatable bonds is 2. The fourth-order valence-electron chi connectivity index (χ4n) is 1.31. The molecule has 0 aliphatic heterocycles. The van der Waals surface area contributed by atoms with Crippen molar-refractivity contribution in [3.63, 3.8) is 0 Å². The number of aromatic amines is 1. The Balaban J connectivity index is 2.41. The highest BCUT2D eigenvalue weighted by Gasteiger charge is 2.13. The van der Waals surface area contributed by atoms with Gasteiger partial charge in [0.05, 0.1) is 11.3 Å². The Morgan fingerprint density at radius 2 is 1.93 bits per heavy atom. The van der Waals surface area contributed by atoms with Gasteiger partial charge < -0.3 is 10.1 Å². The van der Waals surface area contributed by atoms with E-state index in [1.165, 1.54) is 6.07 Å². The molecule has 1 aromatic heterocycles. The van der Waals surface area contributed by atoms with E-state index in [0.29, 0.717) is 10.8 Å². The van der Waals surface area contributed by atoms with Gasteiger partial charge in [0.15, 0.2) is 0 Å². The van der Waals surface area contributed by atoms with Crippen LogP contribution in [-0.4, -0.2) is 15.9 Å². The second-order valence-electron chi connectivity index (χ2n) is 3.07. The van der Waals surface area contributed by atoms with Crippen molar-refractivity contribution in [1.82, 2.24) is 4.98 Å². The second kappa shape index (κ2) is 3.79. The minimum absolute atomic E-state index is 0.0341. The minimum Gasteiger partial charge on any atom is -0.507 e. The number of benzene rings is 1. The van der Waals surface area contributed by atoms with E-state index in [9.17, 15) is 9.90 Å².